The number of hydrogen-bond acceptors (Lipinski definition) is 4. The summed E-state index contributed by atoms with van der Waals surface area (Å²) in [5.41, 5.74) is 1.13. The molecule has 1 fully saturated rings. The van der Waals surface area contributed by atoms with Crippen LogP contribution in [-0.4, -0.2) is 46.0 Å². The van der Waals surface area contributed by atoms with Crippen LogP contribution in [0.2, 0.25) is 0 Å². The molecule has 0 bridgehead atoms. The topological polar surface area (TPSA) is 70.7 Å². The van der Waals surface area contributed by atoms with E-state index in [1.165, 1.54) is 6.26 Å². The van der Waals surface area contributed by atoms with Crippen molar-refractivity contribution in [1.82, 2.24) is 4.90 Å². The Hall–Kier alpha value is -1.43. The van der Waals surface area contributed by atoms with Gasteiger partial charge in [0, 0.05) is 29.7 Å². The first-order chi connectivity index (χ1) is 9.90. The van der Waals surface area contributed by atoms with Crippen molar-refractivity contribution in [3.63, 3.8) is 0 Å². The predicted octanol–water partition coefficient (Wildman–Crippen LogP) is 2.43. The molecular weight excluding hydrogens is 290 g/mol. The molecule has 21 heavy (non-hydrogen) atoms. The lowest BCUT2D eigenvalue weighted by atomic mass is 10.1. The SMILES string of the molecule is Cc1coc(CC(=O)O)c1C(=O)N1CCSC(C(C)C)C1. The Kier molecular flexibility index (Phi) is 4.98. The van der Waals surface area contributed by atoms with Gasteiger partial charge >= 0.3 is 5.97 Å². The highest BCUT2D eigenvalue weighted by Crippen LogP contribution is 2.27. The summed E-state index contributed by atoms with van der Waals surface area (Å²) in [5.74, 6) is 0.578. The molecule has 0 saturated carbocycles. The number of nitrogens with zero attached hydrogens (tertiary/aromatic N) is 1. The van der Waals surface area contributed by atoms with Gasteiger partial charge in [-0.05, 0) is 12.8 Å². The van der Waals surface area contributed by atoms with Gasteiger partial charge in [-0.15, -0.1) is 0 Å². The summed E-state index contributed by atoms with van der Waals surface area (Å²) in [6, 6.07) is 0. The highest BCUT2D eigenvalue weighted by Gasteiger charge is 2.30. The van der Waals surface area contributed by atoms with Crippen molar-refractivity contribution in [2.45, 2.75) is 32.4 Å². The van der Waals surface area contributed by atoms with Gasteiger partial charge in [-0.1, -0.05) is 13.8 Å². The first-order valence-corrected chi connectivity index (χ1v) is 8.14. The Morgan fingerprint density at radius 1 is 1.52 bits per heavy atom. The molecular formula is C15H21NO4S. The van der Waals surface area contributed by atoms with Crippen LogP contribution in [0.25, 0.3) is 0 Å². The normalized spacial score (nSPS) is 19.0. The monoisotopic (exact) mass is 311 g/mol. The van der Waals surface area contributed by atoms with Crippen LogP contribution < -0.4 is 0 Å². The van der Waals surface area contributed by atoms with Crippen LogP contribution in [0.5, 0.6) is 0 Å². The van der Waals surface area contributed by atoms with E-state index in [0.717, 1.165) is 5.75 Å². The van der Waals surface area contributed by atoms with Gasteiger partial charge in [-0.3, -0.25) is 9.59 Å². The summed E-state index contributed by atoms with van der Waals surface area (Å²) < 4.78 is 5.26. The van der Waals surface area contributed by atoms with Crippen LogP contribution in [0.1, 0.15) is 35.5 Å². The van der Waals surface area contributed by atoms with E-state index in [1.807, 2.05) is 16.7 Å². The lowest BCUT2D eigenvalue weighted by molar-refractivity contribution is -0.136. The standard InChI is InChI=1S/C15H21NO4S/c1-9(2)12-7-16(4-5-21-12)15(19)14-10(3)8-20-11(14)6-13(17)18/h8-9,12H,4-7H2,1-3H3,(H,17,18). The first kappa shape index (κ1) is 15.9. The zero-order valence-corrected chi connectivity index (χ0v) is 13.4. The number of carboxylic acids is 1. The Labute approximate surface area is 128 Å². The second-order valence-corrected chi connectivity index (χ2v) is 7.04. The third kappa shape index (κ3) is 3.61. The molecule has 0 radical (unpaired) electrons. The maximum Gasteiger partial charge on any atom is 0.311 e. The third-order valence-corrected chi connectivity index (χ3v) is 5.24. The minimum absolute atomic E-state index is 0.108. The molecule has 1 atom stereocenters. The van der Waals surface area contributed by atoms with Gasteiger partial charge < -0.3 is 14.4 Å². The molecule has 2 heterocycles. The quantitative estimate of drug-likeness (QED) is 0.924. The van der Waals surface area contributed by atoms with Gasteiger partial charge in [0.05, 0.1) is 11.8 Å². The fourth-order valence-corrected chi connectivity index (χ4v) is 3.77. The van der Waals surface area contributed by atoms with E-state index in [1.54, 1.807) is 6.92 Å². The summed E-state index contributed by atoms with van der Waals surface area (Å²) in [4.78, 5) is 25.4. The van der Waals surface area contributed by atoms with Crippen molar-refractivity contribution in [2.24, 2.45) is 5.92 Å². The van der Waals surface area contributed by atoms with Crippen LogP contribution in [-0.2, 0) is 11.2 Å². The fraction of sp³-hybridized carbons (Fsp3) is 0.600. The summed E-state index contributed by atoms with van der Waals surface area (Å²) in [5, 5.41) is 9.35. The van der Waals surface area contributed by atoms with Crippen LogP contribution in [0.3, 0.4) is 0 Å². The molecule has 1 aromatic heterocycles. The van der Waals surface area contributed by atoms with Crippen molar-refractivity contribution in [2.75, 3.05) is 18.8 Å². The van der Waals surface area contributed by atoms with Crippen molar-refractivity contribution in [3.05, 3.63) is 23.2 Å². The molecule has 116 valence electrons. The third-order valence-electron chi connectivity index (χ3n) is 3.70. The molecule has 1 unspecified atom stereocenters. The van der Waals surface area contributed by atoms with Gasteiger partial charge in [-0.25, -0.2) is 0 Å². The summed E-state index contributed by atoms with van der Waals surface area (Å²) >= 11 is 1.90. The Bertz CT molecular complexity index is 538. The summed E-state index contributed by atoms with van der Waals surface area (Å²) in [6.45, 7) is 7.50. The van der Waals surface area contributed by atoms with E-state index in [-0.39, 0.29) is 18.1 Å². The number of furan rings is 1. The van der Waals surface area contributed by atoms with E-state index in [9.17, 15) is 9.59 Å². The number of carbonyl (C=O) groups is 2. The van der Waals surface area contributed by atoms with Crippen LogP contribution in [0, 0.1) is 12.8 Å². The van der Waals surface area contributed by atoms with Gasteiger partial charge in [0.25, 0.3) is 5.91 Å². The van der Waals surface area contributed by atoms with E-state index in [0.29, 0.717) is 35.4 Å². The van der Waals surface area contributed by atoms with Gasteiger partial charge in [0.1, 0.15) is 12.2 Å². The minimum Gasteiger partial charge on any atom is -0.481 e. The number of amides is 1. The number of rotatable bonds is 4. The van der Waals surface area contributed by atoms with E-state index in [2.05, 4.69) is 13.8 Å². The smallest absolute Gasteiger partial charge is 0.311 e. The number of thioether (sulfide) groups is 1. The highest BCUT2D eigenvalue weighted by molar-refractivity contribution is 8.00. The predicted molar refractivity (Wildman–Crippen MR) is 81.8 cm³/mol. The molecule has 0 spiro atoms. The molecule has 0 aromatic carbocycles. The molecule has 1 amide bonds. The van der Waals surface area contributed by atoms with Crippen molar-refractivity contribution >= 4 is 23.6 Å². The largest absolute Gasteiger partial charge is 0.481 e. The van der Waals surface area contributed by atoms with Gasteiger partial charge in [-0.2, -0.15) is 11.8 Å². The zero-order chi connectivity index (χ0) is 15.6. The second-order valence-electron chi connectivity index (χ2n) is 5.69. The van der Waals surface area contributed by atoms with Crippen molar-refractivity contribution < 1.29 is 19.1 Å². The van der Waals surface area contributed by atoms with Crippen LogP contribution >= 0.6 is 11.8 Å². The van der Waals surface area contributed by atoms with Gasteiger partial charge in [0.2, 0.25) is 0 Å². The molecule has 1 N–H and O–H groups in total. The summed E-state index contributed by atoms with van der Waals surface area (Å²) in [6.07, 6.45) is 1.20. The zero-order valence-electron chi connectivity index (χ0n) is 12.6. The molecule has 1 aliphatic rings. The van der Waals surface area contributed by atoms with E-state index < -0.39 is 5.97 Å². The number of carboxylic acid groups (broad SMARTS) is 1. The van der Waals surface area contributed by atoms with Crippen LogP contribution in [0.4, 0.5) is 0 Å². The fourth-order valence-electron chi connectivity index (χ4n) is 2.47. The average molecular weight is 311 g/mol. The lowest BCUT2D eigenvalue weighted by Crippen LogP contribution is -2.43. The van der Waals surface area contributed by atoms with Crippen molar-refractivity contribution in [3.8, 4) is 0 Å². The van der Waals surface area contributed by atoms with E-state index >= 15 is 0 Å². The molecule has 1 saturated heterocycles. The highest BCUT2D eigenvalue weighted by atomic mass is 32.2. The number of aryl methyl sites for hydroxylation is 1. The molecule has 1 aliphatic heterocycles. The van der Waals surface area contributed by atoms with Crippen LogP contribution in [0.15, 0.2) is 10.7 Å². The maximum atomic E-state index is 12.7. The molecule has 5 nitrogen and oxygen atoms in total. The number of aliphatic carboxylic acids is 1. The first-order valence-electron chi connectivity index (χ1n) is 7.09. The number of hydrogen-bond donors (Lipinski definition) is 1. The van der Waals surface area contributed by atoms with Crippen molar-refractivity contribution in [1.29, 1.82) is 0 Å². The average Bonchev–Trinajstić information content (AvgIpc) is 2.78. The minimum atomic E-state index is -0.993. The Morgan fingerprint density at radius 2 is 2.24 bits per heavy atom. The van der Waals surface area contributed by atoms with Gasteiger partial charge in [0.15, 0.2) is 0 Å². The summed E-state index contributed by atoms with van der Waals surface area (Å²) in [7, 11) is 0. The second kappa shape index (κ2) is 6.56. The molecule has 0 aliphatic carbocycles. The molecule has 6 heteroatoms. The number of carbonyl (C=O) groups excluding carboxylic acids is 1. The lowest BCUT2D eigenvalue weighted by Gasteiger charge is -2.34. The molecule has 2 rings (SSSR count). The Morgan fingerprint density at radius 3 is 2.86 bits per heavy atom. The van der Waals surface area contributed by atoms with E-state index in [4.69, 9.17) is 9.52 Å². The Balaban J connectivity index is 2.19. The molecule has 1 aromatic rings. The maximum absolute atomic E-state index is 12.7.